The molecule has 0 amide bonds. The van der Waals surface area contributed by atoms with Gasteiger partial charge >= 0.3 is 0 Å². The second-order valence-electron chi connectivity index (χ2n) is 11.9. The highest BCUT2D eigenvalue weighted by Crippen LogP contribution is 2.68. The van der Waals surface area contributed by atoms with Gasteiger partial charge in [-0.25, -0.2) is 0 Å². The molecular formula is C30H44O6. The number of methoxy groups -OCH3 is 1. The van der Waals surface area contributed by atoms with Crippen molar-refractivity contribution in [3.63, 3.8) is 0 Å². The minimum atomic E-state index is -0.564. The molecule has 0 spiro atoms. The summed E-state index contributed by atoms with van der Waals surface area (Å²) in [5.41, 5.74) is 0.122. The number of carbonyl (C=O) groups is 2. The van der Waals surface area contributed by atoms with Crippen molar-refractivity contribution >= 4 is 12.1 Å². The molecule has 1 aromatic rings. The molecule has 2 bridgehead atoms. The lowest BCUT2D eigenvalue weighted by atomic mass is 9.43. The Morgan fingerprint density at radius 1 is 1.08 bits per heavy atom. The van der Waals surface area contributed by atoms with Crippen molar-refractivity contribution in [3.8, 4) is 0 Å². The summed E-state index contributed by atoms with van der Waals surface area (Å²) in [4.78, 5) is 26.0. The van der Waals surface area contributed by atoms with Gasteiger partial charge < -0.3 is 23.7 Å². The molecule has 4 rings (SSSR count). The zero-order chi connectivity index (χ0) is 26.0. The Morgan fingerprint density at radius 2 is 1.83 bits per heavy atom. The highest BCUT2D eigenvalue weighted by molar-refractivity contribution is 5.86. The van der Waals surface area contributed by atoms with Crippen molar-refractivity contribution in [3.05, 3.63) is 35.9 Å². The first kappa shape index (κ1) is 27.4. The quantitative estimate of drug-likeness (QED) is 0.238. The molecule has 3 fully saturated rings. The summed E-state index contributed by atoms with van der Waals surface area (Å²) in [5, 5.41) is 0. The van der Waals surface area contributed by atoms with Crippen molar-refractivity contribution in [2.24, 2.45) is 34.0 Å². The fourth-order valence-corrected chi connectivity index (χ4v) is 8.11. The van der Waals surface area contributed by atoms with Crippen LogP contribution in [0.3, 0.4) is 0 Å². The van der Waals surface area contributed by atoms with E-state index in [1.807, 2.05) is 30.3 Å². The zero-order valence-corrected chi connectivity index (χ0v) is 22.7. The van der Waals surface area contributed by atoms with Crippen LogP contribution in [-0.2, 0) is 35.1 Å². The summed E-state index contributed by atoms with van der Waals surface area (Å²) >= 11 is 0. The van der Waals surface area contributed by atoms with Gasteiger partial charge in [0, 0.05) is 30.8 Å². The first-order chi connectivity index (χ1) is 17.3. The second-order valence-corrected chi connectivity index (χ2v) is 11.9. The molecule has 1 unspecified atom stereocenters. The van der Waals surface area contributed by atoms with Gasteiger partial charge in [-0.1, -0.05) is 58.0 Å². The maximum absolute atomic E-state index is 13.6. The Kier molecular flexibility index (Phi) is 8.40. The third-order valence-corrected chi connectivity index (χ3v) is 10.3. The number of rotatable bonds is 10. The second kappa shape index (κ2) is 11.0. The van der Waals surface area contributed by atoms with Crippen LogP contribution >= 0.6 is 0 Å². The fraction of sp³-hybridized carbons (Fsp3) is 0.733. The molecule has 3 aliphatic rings. The third kappa shape index (κ3) is 4.59. The van der Waals surface area contributed by atoms with Crippen LogP contribution in [0.5, 0.6) is 0 Å². The number of hydrogen-bond acceptors (Lipinski definition) is 6. The van der Waals surface area contributed by atoms with Gasteiger partial charge in [-0.3, -0.25) is 4.79 Å². The first-order valence-electron chi connectivity index (χ1n) is 13.6. The van der Waals surface area contributed by atoms with Crippen LogP contribution in [0.25, 0.3) is 0 Å². The summed E-state index contributed by atoms with van der Waals surface area (Å²) in [5.74, 6) is -0.00122. The Bertz CT molecular complexity index is 904. The topological polar surface area (TPSA) is 71.1 Å². The molecular weight excluding hydrogens is 456 g/mol. The summed E-state index contributed by atoms with van der Waals surface area (Å²) in [6.07, 6.45) is 5.34. The predicted octanol–water partition coefficient (Wildman–Crippen LogP) is 5.57. The monoisotopic (exact) mass is 500 g/mol. The molecule has 0 aliphatic heterocycles. The molecule has 3 aliphatic carbocycles. The SMILES string of the molecule is CC[C@]1(C)C[C@@H](OCOC)[C@@]2(C)C3C(=O)CC[C@@]3(CC[C@H]2C=O)[C@H](C)[C@@H]1OCOCc1ccccc1. The van der Waals surface area contributed by atoms with E-state index in [2.05, 4.69) is 27.7 Å². The van der Waals surface area contributed by atoms with Crippen LogP contribution in [-0.4, -0.2) is 45.0 Å². The van der Waals surface area contributed by atoms with E-state index in [9.17, 15) is 9.59 Å². The molecule has 36 heavy (non-hydrogen) atoms. The van der Waals surface area contributed by atoms with Crippen molar-refractivity contribution in [2.45, 2.75) is 85.0 Å². The van der Waals surface area contributed by atoms with E-state index >= 15 is 0 Å². The van der Waals surface area contributed by atoms with Crippen molar-refractivity contribution in [1.82, 2.24) is 0 Å². The van der Waals surface area contributed by atoms with E-state index in [0.29, 0.717) is 19.4 Å². The molecule has 0 aromatic heterocycles. The van der Waals surface area contributed by atoms with Gasteiger partial charge in [0.2, 0.25) is 0 Å². The van der Waals surface area contributed by atoms with Crippen LogP contribution in [0.2, 0.25) is 0 Å². The Labute approximate surface area is 216 Å². The maximum atomic E-state index is 13.6. The normalized spacial score (nSPS) is 40.4. The van der Waals surface area contributed by atoms with E-state index in [1.165, 1.54) is 0 Å². The van der Waals surface area contributed by atoms with Crippen LogP contribution < -0.4 is 0 Å². The molecule has 0 saturated heterocycles. The smallest absolute Gasteiger partial charge is 0.147 e. The molecule has 6 heteroatoms. The Morgan fingerprint density at radius 3 is 2.50 bits per heavy atom. The number of benzene rings is 1. The lowest BCUT2D eigenvalue weighted by molar-refractivity contribution is -0.242. The first-order valence-corrected chi connectivity index (χ1v) is 13.6. The average Bonchev–Trinajstić information content (AvgIpc) is 3.24. The summed E-state index contributed by atoms with van der Waals surface area (Å²) in [6, 6.07) is 10.1. The molecule has 0 radical (unpaired) electrons. The van der Waals surface area contributed by atoms with E-state index in [0.717, 1.165) is 37.5 Å². The zero-order valence-electron chi connectivity index (χ0n) is 22.7. The standard InChI is InChI=1S/C30H44O6/c1-6-28(3)16-25(35-19-33-5)29(4)23(17-31)12-14-30(15-13-24(32)26(29)30)21(2)27(28)36-20-34-18-22-10-8-7-9-11-22/h7-11,17,21,23,25-27H,6,12-16,18-20H2,1-5H3/t21-,23+,25-,26?,27+,28-,29+,30+/m1/s1. The number of hydrogen-bond donors (Lipinski definition) is 0. The van der Waals surface area contributed by atoms with Crippen LogP contribution in [0.15, 0.2) is 30.3 Å². The molecule has 3 saturated carbocycles. The van der Waals surface area contributed by atoms with Gasteiger partial charge in [0.25, 0.3) is 0 Å². The van der Waals surface area contributed by atoms with Crippen molar-refractivity contribution in [1.29, 1.82) is 0 Å². The van der Waals surface area contributed by atoms with E-state index in [4.69, 9.17) is 18.9 Å². The van der Waals surface area contributed by atoms with Crippen molar-refractivity contribution < 1.29 is 28.5 Å². The Balaban J connectivity index is 1.69. The van der Waals surface area contributed by atoms with Crippen LogP contribution in [0.4, 0.5) is 0 Å². The minimum Gasteiger partial charge on any atom is -0.359 e. The largest absolute Gasteiger partial charge is 0.359 e. The minimum absolute atomic E-state index is 0.0994. The molecule has 0 heterocycles. The number of aldehydes is 1. The maximum Gasteiger partial charge on any atom is 0.147 e. The number of ketones is 1. The Hall–Kier alpha value is -1.60. The van der Waals surface area contributed by atoms with Gasteiger partial charge in [-0.05, 0) is 54.4 Å². The summed E-state index contributed by atoms with van der Waals surface area (Å²) < 4.78 is 24.3. The lowest BCUT2D eigenvalue weighted by Gasteiger charge is -2.62. The van der Waals surface area contributed by atoms with Gasteiger partial charge in [0.05, 0.1) is 18.8 Å². The highest BCUT2D eigenvalue weighted by atomic mass is 16.7. The van der Waals surface area contributed by atoms with E-state index in [-0.39, 0.29) is 60.2 Å². The fourth-order valence-electron chi connectivity index (χ4n) is 8.11. The molecule has 200 valence electrons. The van der Waals surface area contributed by atoms with Crippen LogP contribution in [0, 0.1) is 34.0 Å². The lowest BCUT2D eigenvalue weighted by Crippen LogP contribution is -2.64. The predicted molar refractivity (Wildman–Crippen MR) is 137 cm³/mol. The van der Waals surface area contributed by atoms with Crippen LogP contribution in [0.1, 0.15) is 71.8 Å². The molecule has 0 N–H and O–H groups in total. The number of Topliss-reactive ketones (excluding diaryl/α,β-unsaturated/α-hetero) is 1. The van der Waals surface area contributed by atoms with Gasteiger partial charge in [-0.2, -0.15) is 0 Å². The summed E-state index contributed by atoms with van der Waals surface area (Å²) in [7, 11) is 1.62. The van der Waals surface area contributed by atoms with Crippen molar-refractivity contribution in [2.75, 3.05) is 20.7 Å². The molecule has 8 atom stereocenters. The van der Waals surface area contributed by atoms with Gasteiger partial charge in [-0.15, -0.1) is 0 Å². The average molecular weight is 501 g/mol. The molecule has 6 nitrogen and oxygen atoms in total. The molecule has 1 aromatic carbocycles. The highest BCUT2D eigenvalue weighted by Gasteiger charge is 2.68. The van der Waals surface area contributed by atoms with E-state index < -0.39 is 5.41 Å². The van der Waals surface area contributed by atoms with Gasteiger partial charge in [0.1, 0.15) is 25.7 Å². The van der Waals surface area contributed by atoms with E-state index in [1.54, 1.807) is 7.11 Å². The third-order valence-electron chi connectivity index (χ3n) is 10.3. The van der Waals surface area contributed by atoms with Gasteiger partial charge in [0.15, 0.2) is 0 Å². The number of ether oxygens (including phenoxy) is 4. The number of carbonyl (C=O) groups excluding carboxylic acids is 2. The summed E-state index contributed by atoms with van der Waals surface area (Å²) in [6.45, 7) is 9.73.